The van der Waals surface area contributed by atoms with Crippen LogP contribution in [0.25, 0.3) is 0 Å². The Bertz CT molecular complexity index is 927. The molecule has 0 heterocycles. The Balaban J connectivity index is 1.79. The maximum Gasteiger partial charge on any atom is 0.253 e. The van der Waals surface area contributed by atoms with Crippen LogP contribution in [0, 0.1) is 0 Å². The Kier molecular flexibility index (Phi) is 7.32. The summed E-state index contributed by atoms with van der Waals surface area (Å²) in [6, 6.07) is 24.0. The first-order valence-electron chi connectivity index (χ1n) is 9.47. The van der Waals surface area contributed by atoms with Crippen molar-refractivity contribution in [1.29, 1.82) is 0 Å². The molecule has 0 radical (unpaired) electrons. The quantitative estimate of drug-likeness (QED) is 0.518. The van der Waals surface area contributed by atoms with Gasteiger partial charge in [-0.25, -0.2) is 0 Å². The van der Waals surface area contributed by atoms with Gasteiger partial charge in [-0.1, -0.05) is 77.8 Å². The van der Waals surface area contributed by atoms with Crippen molar-refractivity contribution in [3.63, 3.8) is 0 Å². The number of carbonyl (C=O) groups excluding carboxylic acids is 1. The first kappa shape index (κ1) is 21.4. The molecule has 150 valence electrons. The van der Waals surface area contributed by atoms with Gasteiger partial charge in [0.05, 0.1) is 0 Å². The summed E-state index contributed by atoms with van der Waals surface area (Å²) < 4.78 is 0. The van der Waals surface area contributed by atoms with Gasteiger partial charge < -0.3 is 10.4 Å². The van der Waals surface area contributed by atoms with Crippen molar-refractivity contribution < 1.29 is 9.90 Å². The Labute approximate surface area is 181 Å². The van der Waals surface area contributed by atoms with E-state index in [0.29, 0.717) is 22.0 Å². The van der Waals surface area contributed by atoms with Crippen LogP contribution in [0.3, 0.4) is 0 Å². The molecule has 29 heavy (non-hydrogen) atoms. The zero-order valence-electron chi connectivity index (χ0n) is 16.1. The van der Waals surface area contributed by atoms with Gasteiger partial charge in [-0.05, 0) is 54.3 Å². The molecule has 3 aromatic carbocycles. The first-order chi connectivity index (χ1) is 13.9. The zero-order chi connectivity index (χ0) is 20.8. The van der Waals surface area contributed by atoms with E-state index >= 15 is 0 Å². The second-order valence-corrected chi connectivity index (χ2v) is 7.97. The molecular weight excluding hydrogens is 405 g/mol. The molecule has 1 amide bonds. The van der Waals surface area contributed by atoms with Gasteiger partial charge >= 0.3 is 0 Å². The number of benzene rings is 3. The third-order valence-electron chi connectivity index (χ3n) is 5.00. The van der Waals surface area contributed by atoms with Crippen molar-refractivity contribution >= 4 is 29.1 Å². The summed E-state index contributed by atoms with van der Waals surface area (Å²) in [6.07, 6.45) is -0.498. The summed E-state index contributed by atoms with van der Waals surface area (Å²) in [5.41, 5.74) is 2.74. The molecule has 3 nitrogen and oxygen atoms in total. The van der Waals surface area contributed by atoms with Crippen molar-refractivity contribution in [1.82, 2.24) is 5.32 Å². The summed E-state index contributed by atoms with van der Waals surface area (Å²) in [5.74, 6) is -0.417. The molecule has 0 aromatic heterocycles. The average molecular weight is 428 g/mol. The minimum absolute atomic E-state index is 0.000338. The summed E-state index contributed by atoms with van der Waals surface area (Å²) in [6.45, 7) is 1.95. The summed E-state index contributed by atoms with van der Waals surface area (Å²) in [7, 11) is 0. The van der Waals surface area contributed by atoms with Crippen LogP contribution in [0.2, 0.25) is 10.0 Å². The SMILES string of the molecule is C[C@@H](NC(=O)C(O)c1ccccc1)[C@H](Cc1ccc(Cl)cc1)c1ccc(Cl)cc1. The second kappa shape index (κ2) is 9.93. The van der Waals surface area contributed by atoms with Crippen molar-refractivity contribution in [2.75, 3.05) is 0 Å². The van der Waals surface area contributed by atoms with Gasteiger partial charge in [0.1, 0.15) is 0 Å². The number of hydrogen-bond acceptors (Lipinski definition) is 2. The molecule has 0 aliphatic rings. The molecule has 0 bridgehead atoms. The molecule has 0 saturated carbocycles. The van der Waals surface area contributed by atoms with Crippen LogP contribution >= 0.6 is 23.2 Å². The molecule has 0 aliphatic carbocycles. The van der Waals surface area contributed by atoms with E-state index in [1.54, 1.807) is 24.3 Å². The van der Waals surface area contributed by atoms with Crippen LogP contribution < -0.4 is 5.32 Å². The van der Waals surface area contributed by atoms with E-state index in [1.165, 1.54) is 0 Å². The van der Waals surface area contributed by atoms with Crippen LogP contribution in [0.15, 0.2) is 78.9 Å². The molecule has 2 N–H and O–H groups in total. The fraction of sp³-hybridized carbons (Fsp3) is 0.208. The summed E-state index contributed by atoms with van der Waals surface area (Å²) in [5, 5.41) is 14.7. The molecule has 3 rings (SSSR count). The highest BCUT2D eigenvalue weighted by Gasteiger charge is 2.25. The lowest BCUT2D eigenvalue weighted by atomic mass is 9.86. The maximum absolute atomic E-state index is 12.6. The van der Waals surface area contributed by atoms with E-state index in [9.17, 15) is 9.90 Å². The highest BCUT2D eigenvalue weighted by molar-refractivity contribution is 6.30. The minimum atomic E-state index is -1.21. The first-order valence-corrected chi connectivity index (χ1v) is 10.2. The number of amides is 1. The predicted octanol–water partition coefficient (Wildman–Crippen LogP) is 5.56. The Morgan fingerprint density at radius 2 is 1.41 bits per heavy atom. The minimum Gasteiger partial charge on any atom is -0.378 e. The van der Waals surface area contributed by atoms with E-state index in [-0.39, 0.29) is 12.0 Å². The van der Waals surface area contributed by atoms with Gasteiger partial charge in [-0.2, -0.15) is 0 Å². The monoisotopic (exact) mass is 427 g/mol. The van der Waals surface area contributed by atoms with Crippen molar-refractivity contribution in [2.24, 2.45) is 0 Å². The highest BCUT2D eigenvalue weighted by Crippen LogP contribution is 2.27. The third kappa shape index (κ3) is 5.83. The number of aliphatic hydroxyl groups is 1. The molecule has 0 aliphatic heterocycles. The standard InChI is InChI=1S/C24H23Cl2NO2/c1-16(27-24(29)23(28)19-5-3-2-4-6-19)22(18-9-13-21(26)14-10-18)15-17-7-11-20(25)12-8-17/h2-14,16,22-23,28H,15H2,1H3,(H,27,29)/t16-,22+,23?/m1/s1. The number of rotatable bonds is 7. The number of aliphatic hydroxyl groups excluding tert-OH is 1. The van der Waals surface area contributed by atoms with Gasteiger partial charge in [-0.15, -0.1) is 0 Å². The van der Waals surface area contributed by atoms with E-state index < -0.39 is 12.0 Å². The topological polar surface area (TPSA) is 49.3 Å². The van der Waals surface area contributed by atoms with Gasteiger partial charge in [0.2, 0.25) is 0 Å². The lowest BCUT2D eigenvalue weighted by Crippen LogP contribution is -2.40. The van der Waals surface area contributed by atoms with E-state index in [4.69, 9.17) is 23.2 Å². The second-order valence-electron chi connectivity index (χ2n) is 7.10. The number of hydrogen-bond donors (Lipinski definition) is 2. The summed E-state index contributed by atoms with van der Waals surface area (Å²) in [4.78, 5) is 12.6. The Morgan fingerprint density at radius 3 is 2.00 bits per heavy atom. The van der Waals surface area contributed by atoms with E-state index in [2.05, 4.69) is 5.32 Å². The van der Waals surface area contributed by atoms with Gasteiger partial charge in [0, 0.05) is 22.0 Å². The van der Waals surface area contributed by atoms with Crippen molar-refractivity contribution in [3.8, 4) is 0 Å². The molecule has 0 fully saturated rings. The fourth-order valence-corrected chi connectivity index (χ4v) is 3.61. The Hall–Kier alpha value is -2.33. The van der Waals surface area contributed by atoms with Crippen LogP contribution in [0.1, 0.15) is 35.6 Å². The highest BCUT2D eigenvalue weighted by atomic mass is 35.5. The third-order valence-corrected chi connectivity index (χ3v) is 5.51. The molecule has 3 atom stereocenters. The average Bonchev–Trinajstić information content (AvgIpc) is 2.74. The number of halogens is 2. The van der Waals surface area contributed by atoms with Crippen molar-refractivity contribution in [3.05, 3.63) is 106 Å². The zero-order valence-corrected chi connectivity index (χ0v) is 17.6. The van der Waals surface area contributed by atoms with Crippen LogP contribution in [-0.4, -0.2) is 17.1 Å². The lowest BCUT2D eigenvalue weighted by molar-refractivity contribution is -0.130. The Morgan fingerprint density at radius 1 is 0.862 bits per heavy atom. The van der Waals surface area contributed by atoms with Gasteiger partial charge in [0.15, 0.2) is 6.10 Å². The van der Waals surface area contributed by atoms with E-state index in [1.807, 2.05) is 61.5 Å². The van der Waals surface area contributed by atoms with Crippen LogP contribution in [-0.2, 0) is 11.2 Å². The van der Waals surface area contributed by atoms with Crippen LogP contribution in [0.4, 0.5) is 0 Å². The molecule has 1 unspecified atom stereocenters. The molecule has 5 heteroatoms. The van der Waals surface area contributed by atoms with Crippen LogP contribution in [0.5, 0.6) is 0 Å². The van der Waals surface area contributed by atoms with Gasteiger partial charge in [-0.3, -0.25) is 4.79 Å². The molecule has 0 spiro atoms. The smallest absolute Gasteiger partial charge is 0.253 e. The normalized spacial score (nSPS) is 14.1. The number of nitrogens with one attached hydrogen (secondary N) is 1. The van der Waals surface area contributed by atoms with E-state index in [0.717, 1.165) is 11.1 Å². The molecule has 0 saturated heterocycles. The largest absolute Gasteiger partial charge is 0.378 e. The predicted molar refractivity (Wildman–Crippen MR) is 118 cm³/mol. The lowest BCUT2D eigenvalue weighted by Gasteiger charge is -2.27. The number of carbonyl (C=O) groups is 1. The van der Waals surface area contributed by atoms with Crippen molar-refractivity contribution in [2.45, 2.75) is 31.4 Å². The molecular formula is C24H23Cl2NO2. The summed E-state index contributed by atoms with van der Waals surface area (Å²) >= 11 is 12.1. The van der Waals surface area contributed by atoms with Gasteiger partial charge in [0.25, 0.3) is 5.91 Å². The fourth-order valence-electron chi connectivity index (χ4n) is 3.36. The maximum atomic E-state index is 12.6. The molecule has 3 aromatic rings.